The Morgan fingerprint density at radius 3 is 2.31 bits per heavy atom. The molecule has 0 spiro atoms. The van der Waals surface area contributed by atoms with Gasteiger partial charge in [0.1, 0.15) is 4.32 Å². The molecule has 1 rings (SSSR count). The molecule has 0 radical (unpaired) electrons. The van der Waals surface area contributed by atoms with Crippen molar-refractivity contribution < 1.29 is 4.79 Å². The first kappa shape index (κ1) is 13.2. The van der Waals surface area contributed by atoms with Gasteiger partial charge in [-0.2, -0.15) is 0 Å². The molecule has 0 atom stereocenters. The fraction of sp³-hybridized carbons (Fsp3) is 0.333. The van der Waals surface area contributed by atoms with Gasteiger partial charge in [-0.3, -0.25) is 4.79 Å². The van der Waals surface area contributed by atoms with E-state index in [4.69, 9.17) is 12.2 Å². The number of carbonyl (C=O) groups excluding carboxylic acids is 1. The minimum atomic E-state index is 0.0116. The van der Waals surface area contributed by atoms with Gasteiger partial charge >= 0.3 is 0 Å². The molecule has 16 heavy (non-hydrogen) atoms. The first-order valence-corrected chi connectivity index (χ1v) is 6.47. The number of rotatable bonds is 3. The Balaban J connectivity index is 2.62. The molecule has 0 amide bonds. The highest BCUT2D eigenvalue weighted by Gasteiger charge is 2.13. The van der Waals surface area contributed by atoms with Crippen molar-refractivity contribution in [2.24, 2.45) is 0 Å². The lowest BCUT2D eigenvalue weighted by atomic mass is 10.2. The summed E-state index contributed by atoms with van der Waals surface area (Å²) in [5.41, 5.74) is 0.696. The van der Waals surface area contributed by atoms with Crippen molar-refractivity contribution in [3.05, 3.63) is 35.9 Å². The van der Waals surface area contributed by atoms with Gasteiger partial charge in [0.25, 0.3) is 0 Å². The minimum absolute atomic E-state index is 0.0116. The van der Waals surface area contributed by atoms with Gasteiger partial charge in [-0.25, -0.2) is 0 Å². The fourth-order valence-corrected chi connectivity index (χ4v) is 2.54. The lowest BCUT2D eigenvalue weighted by Gasteiger charge is -2.20. The molecule has 0 heterocycles. The van der Waals surface area contributed by atoms with E-state index in [1.165, 1.54) is 0 Å². The van der Waals surface area contributed by atoms with E-state index in [0.29, 0.717) is 9.88 Å². The van der Waals surface area contributed by atoms with Crippen molar-refractivity contribution in [1.29, 1.82) is 0 Å². The number of thiocarbonyl (C=S) groups is 1. The van der Waals surface area contributed by atoms with Crippen LogP contribution >= 0.6 is 24.0 Å². The van der Waals surface area contributed by atoms with Crippen LogP contribution in [0.15, 0.2) is 30.3 Å². The van der Waals surface area contributed by atoms with Gasteiger partial charge in [0.05, 0.1) is 0 Å². The normalized spacial score (nSPS) is 9.88. The maximum absolute atomic E-state index is 11.8. The van der Waals surface area contributed by atoms with Crippen LogP contribution in [-0.4, -0.2) is 27.4 Å². The molecule has 0 bridgehead atoms. The summed E-state index contributed by atoms with van der Waals surface area (Å²) in [6.07, 6.45) is 0. The Morgan fingerprint density at radius 2 is 1.81 bits per heavy atom. The first-order chi connectivity index (χ1) is 7.69. The molecule has 0 saturated heterocycles. The Morgan fingerprint density at radius 1 is 1.25 bits per heavy atom. The predicted molar refractivity (Wildman–Crippen MR) is 73.9 cm³/mol. The van der Waals surface area contributed by atoms with E-state index in [2.05, 4.69) is 0 Å². The van der Waals surface area contributed by atoms with Crippen molar-refractivity contribution >= 4 is 33.4 Å². The highest BCUT2D eigenvalue weighted by Crippen LogP contribution is 2.16. The zero-order chi connectivity index (χ0) is 12.0. The summed E-state index contributed by atoms with van der Waals surface area (Å²) in [6.45, 7) is 5.74. The third-order valence-electron chi connectivity index (χ3n) is 2.21. The Hall–Kier alpha value is -0.870. The highest BCUT2D eigenvalue weighted by atomic mass is 32.2. The monoisotopic (exact) mass is 253 g/mol. The van der Waals surface area contributed by atoms with E-state index in [9.17, 15) is 4.79 Å². The van der Waals surface area contributed by atoms with Crippen LogP contribution in [0.25, 0.3) is 0 Å². The number of benzene rings is 1. The van der Waals surface area contributed by atoms with Crippen molar-refractivity contribution in [3.8, 4) is 0 Å². The fourth-order valence-electron chi connectivity index (χ4n) is 1.26. The van der Waals surface area contributed by atoms with Crippen molar-refractivity contribution in [1.82, 2.24) is 4.90 Å². The standard InChI is InChI=1S/C12H15NOS2/c1-3-13(4-2)12(15)16-11(14)10-8-6-5-7-9-10/h5-9H,3-4H2,1-2H3. The molecule has 0 fully saturated rings. The maximum atomic E-state index is 11.8. The second-order valence-corrected chi connectivity index (χ2v) is 4.80. The van der Waals surface area contributed by atoms with E-state index >= 15 is 0 Å². The Labute approximate surface area is 106 Å². The molecule has 0 aromatic heterocycles. The quantitative estimate of drug-likeness (QED) is 0.771. The number of carbonyl (C=O) groups is 1. The van der Waals surface area contributed by atoms with Gasteiger partial charge in [-0.15, -0.1) is 0 Å². The van der Waals surface area contributed by atoms with E-state index in [1.807, 2.05) is 36.9 Å². The van der Waals surface area contributed by atoms with Crippen LogP contribution in [0.4, 0.5) is 0 Å². The van der Waals surface area contributed by atoms with Gasteiger partial charge < -0.3 is 4.90 Å². The molecule has 0 aliphatic carbocycles. The average Bonchev–Trinajstić information content (AvgIpc) is 2.31. The van der Waals surface area contributed by atoms with Crippen LogP contribution < -0.4 is 0 Å². The van der Waals surface area contributed by atoms with E-state index in [0.717, 1.165) is 24.9 Å². The van der Waals surface area contributed by atoms with Gasteiger partial charge in [-0.1, -0.05) is 42.5 Å². The van der Waals surface area contributed by atoms with Crippen molar-refractivity contribution in [2.75, 3.05) is 13.1 Å². The van der Waals surface area contributed by atoms with E-state index in [-0.39, 0.29) is 5.12 Å². The smallest absolute Gasteiger partial charge is 0.226 e. The number of hydrogen-bond donors (Lipinski definition) is 0. The number of hydrogen-bond acceptors (Lipinski definition) is 3. The molecule has 0 unspecified atom stereocenters. The van der Waals surface area contributed by atoms with Crippen LogP contribution in [0.2, 0.25) is 0 Å². The van der Waals surface area contributed by atoms with Crippen molar-refractivity contribution in [2.45, 2.75) is 13.8 Å². The van der Waals surface area contributed by atoms with Crippen LogP contribution in [0.5, 0.6) is 0 Å². The second-order valence-electron chi connectivity index (χ2n) is 3.19. The number of nitrogens with zero attached hydrogens (tertiary/aromatic N) is 1. The molecule has 0 N–H and O–H groups in total. The van der Waals surface area contributed by atoms with Gasteiger partial charge in [0, 0.05) is 18.7 Å². The Bertz CT molecular complexity index is 361. The minimum Gasteiger partial charge on any atom is -0.358 e. The molecule has 1 aromatic rings. The molecular formula is C12H15NOS2. The maximum Gasteiger partial charge on any atom is 0.226 e. The molecular weight excluding hydrogens is 238 g/mol. The second kappa shape index (κ2) is 6.66. The lowest BCUT2D eigenvalue weighted by molar-refractivity contribution is 0.109. The summed E-state index contributed by atoms with van der Waals surface area (Å²) >= 11 is 6.35. The summed E-state index contributed by atoms with van der Waals surface area (Å²) < 4.78 is 0.652. The molecule has 86 valence electrons. The van der Waals surface area contributed by atoms with Gasteiger partial charge in [0.15, 0.2) is 0 Å². The van der Waals surface area contributed by atoms with Crippen LogP contribution in [0.3, 0.4) is 0 Å². The highest BCUT2D eigenvalue weighted by molar-refractivity contribution is 8.33. The summed E-state index contributed by atoms with van der Waals surface area (Å²) in [5, 5.41) is 0.0116. The molecule has 0 aliphatic heterocycles. The van der Waals surface area contributed by atoms with E-state index in [1.54, 1.807) is 12.1 Å². The van der Waals surface area contributed by atoms with E-state index < -0.39 is 0 Å². The van der Waals surface area contributed by atoms with Crippen molar-refractivity contribution in [3.63, 3.8) is 0 Å². The largest absolute Gasteiger partial charge is 0.358 e. The zero-order valence-corrected chi connectivity index (χ0v) is 11.1. The average molecular weight is 253 g/mol. The topological polar surface area (TPSA) is 20.3 Å². The van der Waals surface area contributed by atoms with Gasteiger partial charge in [-0.05, 0) is 25.6 Å². The Kier molecular flexibility index (Phi) is 5.49. The molecule has 1 aromatic carbocycles. The van der Waals surface area contributed by atoms with Crippen LogP contribution in [0.1, 0.15) is 24.2 Å². The summed E-state index contributed by atoms with van der Waals surface area (Å²) in [5.74, 6) is 0. The van der Waals surface area contributed by atoms with Gasteiger partial charge in [0.2, 0.25) is 5.12 Å². The summed E-state index contributed by atoms with van der Waals surface area (Å²) in [7, 11) is 0. The molecule has 2 nitrogen and oxygen atoms in total. The summed E-state index contributed by atoms with van der Waals surface area (Å²) in [6, 6.07) is 9.22. The summed E-state index contributed by atoms with van der Waals surface area (Å²) in [4.78, 5) is 13.8. The number of thioether (sulfide) groups is 1. The third kappa shape index (κ3) is 3.61. The van der Waals surface area contributed by atoms with Crippen LogP contribution in [0, 0.1) is 0 Å². The molecule has 0 aliphatic rings. The zero-order valence-electron chi connectivity index (χ0n) is 9.47. The lowest BCUT2D eigenvalue weighted by Crippen LogP contribution is -2.27. The molecule has 4 heteroatoms. The third-order valence-corrected chi connectivity index (χ3v) is 3.57. The molecule has 0 saturated carbocycles. The SMILES string of the molecule is CCN(CC)C(=S)SC(=O)c1ccccc1. The predicted octanol–water partition coefficient (Wildman–Crippen LogP) is 3.19. The first-order valence-electron chi connectivity index (χ1n) is 5.25. The van der Waals surface area contributed by atoms with Crippen LogP contribution in [-0.2, 0) is 0 Å².